The Kier molecular flexibility index (Phi) is 3.61. The standard InChI is InChI=1S/C16H16BrFN2O/c1-10-6-7-14-11(2)20(9-8-19(10)14)16(21)12-4-3-5-13(18)15(12)17/h3-7,11H,8-9H2,1-2H3. The van der Waals surface area contributed by atoms with Gasteiger partial charge in [-0.25, -0.2) is 4.39 Å². The number of fused-ring (bicyclic) bond motifs is 1. The molecule has 0 spiro atoms. The average molecular weight is 351 g/mol. The first-order valence-corrected chi connectivity index (χ1v) is 7.71. The molecule has 1 aliphatic rings. The molecule has 1 unspecified atom stereocenters. The van der Waals surface area contributed by atoms with Gasteiger partial charge in [0.05, 0.1) is 16.1 Å². The summed E-state index contributed by atoms with van der Waals surface area (Å²) in [6, 6.07) is 8.67. The Morgan fingerprint density at radius 1 is 1.29 bits per heavy atom. The maximum atomic E-state index is 13.6. The lowest BCUT2D eigenvalue weighted by Crippen LogP contribution is -2.41. The topological polar surface area (TPSA) is 25.2 Å². The Morgan fingerprint density at radius 2 is 2.05 bits per heavy atom. The molecule has 0 aliphatic carbocycles. The van der Waals surface area contributed by atoms with E-state index in [4.69, 9.17) is 0 Å². The van der Waals surface area contributed by atoms with Crippen molar-refractivity contribution in [3.8, 4) is 0 Å². The molecule has 2 aromatic rings. The molecule has 1 aliphatic heterocycles. The molecule has 5 heteroatoms. The fourth-order valence-corrected chi connectivity index (χ4v) is 3.36. The fourth-order valence-electron chi connectivity index (χ4n) is 2.92. The van der Waals surface area contributed by atoms with Gasteiger partial charge < -0.3 is 9.47 Å². The molecular formula is C16H16BrFN2O. The minimum absolute atomic E-state index is 0.0184. The molecule has 21 heavy (non-hydrogen) atoms. The van der Waals surface area contributed by atoms with Gasteiger partial charge in [-0.05, 0) is 54.0 Å². The number of benzene rings is 1. The van der Waals surface area contributed by atoms with Crippen LogP contribution in [0.4, 0.5) is 4.39 Å². The molecule has 2 heterocycles. The largest absolute Gasteiger partial charge is 0.345 e. The zero-order valence-electron chi connectivity index (χ0n) is 11.9. The van der Waals surface area contributed by atoms with Crippen molar-refractivity contribution >= 4 is 21.8 Å². The first-order chi connectivity index (χ1) is 10.0. The highest BCUT2D eigenvalue weighted by Crippen LogP contribution is 2.30. The quantitative estimate of drug-likeness (QED) is 0.765. The Bertz CT molecular complexity index is 710. The smallest absolute Gasteiger partial charge is 0.255 e. The zero-order chi connectivity index (χ0) is 15.1. The van der Waals surface area contributed by atoms with Crippen LogP contribution in [0, 0.1) is 12.7 Å². The van der Waals surface area contributed by atoms with Crippen molar-refractivity contribution in [2.24, 2.45) is 0 Å². The minimum Gasteiger partial charge on any atom is -0.345 e. The van der Waals surface area contributed by atoms with Crippen molar-refractivity contribution in [3.05, 3.63) is 57.6 Å². The van der Waals surface area contributed by atoms with Crippen LogP contribution in [0.5, 0.6) is 0 Å². The molecule has 1 aromatic heterocycles. The Morgan fingerprint density at radius 3 is 2.81 bits per heavy atom. The molecular weight excluding hydrogens is 335 g/mol. The van der Waals surface area contributed by atoms with E-state index >= 15 is 0 Å². The van der Waals surface area contributed by atoms with Gasteiger partial charge in [0.25, 0.3) is 5.91 Å². The van der Waals surface area contributed by atoms with Crippen LogP contribution in [-0.4, -0.2) is 21.9 Å². The first-order valence-electron chi connectivity index (χ1n) is 6.91. The Hall–Kier alpha value is -1.62. The normalized spacial score (nSPS) is 17.7. The summed E-state index contributed by atoms with van der Waals surface area (Å²) in [4.78, 5) is 14.5. The van der Waals surface area contributed by atoms with Gasteiger partial charge in [0.15, 0.2) is 0 Å². The summed E-state index contributed by atoms with van der Waals surface area (Å²) in [5, 5.41) is 0. The van der Waals surface area contributed by atoms with Crippen LogP contribution in [0.15, 0.2) is 34.8 Å². The van der Waals surface area contributed by atoms with E-state index in [2.05, 4.69) is 39.6 Å². The lowest BCUT2D eigenvalue weighted by molar-refractivity contribution is 0.0641. The molecule has 110 valence electrons. The molecule has 0 radical (unpaired) electrons. The third-order valence-electron chi connectivity index (χ3n) is 4.14. The number of carbonyl (C=O) groups is 1. The molecule has 0 bridgehead atoms. The van der Waals surface area contributed by atoms with Crippen LogP contribution >= 0.6 is 15.9 Å². The number of rotatable bonds is 1. The van der Waals surface area contributed by atoms with E-state index < -0.39 is 5.82 Å². The van der Waals surface area contributed by atoms with Crippen molar-refractivity contribution in [3.63, 3.8) is 0 Å². The lowest BCUT2D eigenvalue weighted by Gasteiger charge is -2.35. The van der Waals surface area contributed by atoms with E-state index in [1.54, 1.807) is 17.0 Å². The highest BCUT2D eigenvalue weighted by atomic mass is 79.9. The highest BCUT2D eigenvalue weighted by Gasteiger charge is 2.30. The molecule has 0 fully saturated rings. The summed E-state index contributed by atoms with van der Waals surface area (Å²) >= 11 is 3.18. The summed E-state index contributed by atoms with van der Waals surface area (Å²) < 4.78 is 16.1. The SMILES string of the molecule is Cc1ccc2n1CCN(C(=O)c1cccc(F)c1Br)C2C. The van der Waals surface area contributed by atoms with Crippen molar-refractivity contribution < 1.29 is 9.18 Å². The van der Waals surface area contributed by atoms with Gasteiger partial charge in [-0.2, -0.15) is 0 Å². The maximum Gasteiger partial charge on any atom is 0.255 e. The summed E-state index contributed by atoms with van der Waals surface area (Å²) in [5.41, 5.74) is 2.70. The van der Waals surface area contributed by atoms with E-state index in [9.17, 15) is 9.18 Å². The summed E-state index contributed by atoms with van der Waals surface area (Å²) in [6.07, 6.45) is 0. The van der Waals surface area contributed by atoms with Crippen LogP contribution in [0.3, 0.4) is 0 Å². The van der Waals surface area contributed by atoms with Crippen LogP contribution in [0.2, 0.25) is 0 Å². The van der Waals surface area contributed by atoms with Crippen LogP contribution in [0.25, 0.3) is 0 Å². The summed E-state index contributed by atoms with van der Waals surface area (Å²) in [6.45, 7) is 5.48. The third-order valence-corrected chi connectivity index (χ3v) is 4.94. The van der Waals surface area contributed by atoms with E-state index in [0.717, 1.165) is 12.2 Å². The summed E-state index contributed by atoms with van der Waals surface area (Å²) in [7, 11) is 0. The van der Waals surface area contributed by atoms with Crippen LogP contribution < -0.4 is 0 Å². The predicted molar refractivity (Wildman–Crippen MR) is 82.7 cm³/mol. The maximum absolute atomic E-state index is 13.6. The number of aromatic nitrogens is 1. The second kappa shape index (κ2) is 5.30. The Labute approximate surface area is 131 Å². The summed E-state index contributed by atoms with van der Waals surface area (Å²) in [5.74, 6) is -0.552. The third kappa shape index (κ3) is 2.29. The average Bonchev–Trinajstić information content (AvgIpc) is 2.84. The lowest BCUT2D eigenvalue weighted by atomic mass is 10.1. The molecule has 3 nitrogen and oxygen atoms in total. The fraction of sp³-hybridized carbons (Fsp3) is 0.312. The number of amides is 1. The van der Waals surface area contributed by atoms with Gasteiger partial charge in [0, 0.05) is 24.5 Å². The first kappa shape index (κ1) is 14.3. The van der Waals surface area contributed by atoms with Crippen molar-refractivity contribution in [1.29, 1.82) is 0 Å². The number of nitrogens with zero attached hydrogens (tertiary/aromatic N) is 2. The van der Waals surface area contributed by atoms with Gasteiger partial charge in [0.1, 0.15) is 5.82 Å². The van der Waals surface area contributed by atoms with E-state index in [0.29, 0.717) is 12.1 Å². The van der Waals surface area contributed by atoms with E-state index in [1.807, 2.05) is 6.92 Å². The van der Waals surface area contributed by atoms with E-state index in [-0.39, 0.29) is 16.4 Å². The van der Waals surface area contributed by atoms with Gasteiger partial charge in [0.2, 0.25) is 0 Å². The van der Waals surface area contributed by atoms with Crippen molar-refractivity contribution in [2.75, 3.05) is 6.54 Å². The molecule has 0 N–H and O–H groups in total. The number of aryl methyl sites for hydroxylation is 1. The van der Waals surface area contributed by atoms with Gasteiger partial charge in [-0.1, -0.05) is 6.07 Å². The van der Waals surface area contributed by atoms with Crippen LogP contribution in [-0.2, 0) is 6.54 Å². The minimum atomic E-state index is -0.412. The van der Waals surface area contributed by atoms with Crippen molar-refractivity contribution in [2.45, 2.75) is 26.4 Å². The second-order valence-corrected chi connectivity index (χ2v) is 6.12. The number of hydrogen-bond acceptors (Lipinski definition) is 1. The molecule has 0 saturated carbocycles. The van der Waals surface area contributed by atoms with Gasteiger partial charge in [-0.3, -0.25) is 4.79 Å². The Balaban J connectivity index is 1.95. The van der Waals surface area contributed by atoms with E-state index in [1.165, 1.54) is 11.8 Å². The van der Waals surface area contributed by atoms with Crippen LogP contribution in [0.1, 0.15) is 34.7 Å². The zero-order valence-corrected chi connectivity index (χ0v) is 13.5. The van der Waals surface area contributed by atoms with Gasteiger partial charge in [-0.15, -0.1) is 0 Å². The molecule has 1 atom stereocenters. The van der Waals surface area contributed by atoms with Crippen molar-refractivity contribution in [1.82, 2.24) is 9.47 Å². The molecule has 1 amide bonds. The second-order valence-electron chi connectivity index (χ2n) is 5.33. The molecule has 0 saturated heterocycles. The predicted octanol–water partition coefficient (Wildman–Crippen LogP) is 3.92. The monoisotopic (exact) mass is 350 g/mol. The van der Waals surface area contributed by atoms with Gasteiger partial charge >= 0.3 is 0 Å². The molecule has 3 rings (SSSR count). The number of carbonyl (C=O) groups excluding carboxylic acids is 1. The highest BCUT2D eigenvalue weighted by molar-refractivity contribution is 9.10. The number of hydrogen-bond donors (Lipinski definition) is 0. The number of halogens is 2. The molecule has 1 aromatic carbocycles.